The van der Waals surface area contributed by atoms with Crippen molar-refractivity contribution in [1.29, 1.82) is 0 Å². The van der Waals surface area contributed by atoms with Crippen molar-refractivity contribution in [2.75, 3.05) is 12.3 Å². The van der Waals surface area contributed by atoms with Crippen LogP contribution < -0.4 is 33.2 Å². The molecule has 194 valence electrons. The molecule has 0 heterocycles. The zero-order valence-electron chi connectivity index (χ0n) is 19.2. The summed E-state index contributed by atoms with van der Waals surface area (Å²) in [5, 5.41) is 25.3. The van der Waals surface area contributed by atoms with Gasteiger partial charge in [0.1, 0.15) is 18.1 Å². The van der Waals surface area contributed by atoms with Crippen LogP contribution in [0.2, 0.25) is 0 Å². The zero-order chi connectivity index (χ0) is 26.4. The maximum Gasteiger partial charge on any atom is 0.326 e. The van der Waals surface area contributed by atoms with E-state index >= 15 is 0 Å². The molecule has 0 aliphatic rings. The molecule has 0 saturated carbocycles. The Kier molecular flexibility index (Phi) is 14.3. The minimum absolute atomic E-state index is 0.0184. The maximum absolute atomic E-state index is 12.8. The van der Waals surface area contributed by atoms with Crippen LogP contribution in [0.1, 0.15) is 39.5 Å². The highest BCUT2D eigenvalue weighted by Crippen LogP contribution is 2.07. The van der Waals surface area contributed by atoms with Crippen LogP contribution in [0.3, 0.4) is 0 Å². The lowest BCUT2D eigenvalue weighted by molar-refractivity contribution is -0.142. The van der Waals surface area contributed by atoms with Gasteiger partial charge in [-0.3, -0.25) is 24.2 Å². The molecular weight excluding hydrogens is 470 g/mol. The van der Waals surface area contributed by atoms with Crippen LogP contribution in [0.15, 0.2) is 4.99 Å². The molecule has 0 fully saturated rings. The number of aliphatic imine (C=N–C) groups is 1. The molecule has 0 bridgehead atoms. The number of nitrogens with two attached hydrogens (primary N) is 3. The van der Waals surface area contributed by atoms with Crippen LogP contribution in [-0.4, -0.2) is 82.3 Å². The smallest absolute Gasteiger partial charge is 0.326 e. The first-order valence-electron chi connectivity index (χ1n) is 10.6. The van der Waals surface area contributed by atoms with Gasteiger partial charge in [-0.25, -0.2) is 4.79 Å². The second kappa shape index (κ2) is 15.7. The second-order valence-corrected chi connectivity index (χ2v) is 8.35. The van der Waals surface area contributed by atoms with Crippen LogP contribution in [0.4, 0.5) is 0 Å². The Labute approximate surface area is 202 Å². The van der Waals surface area contributed by atoms with Crippen molar-refractivity contribution in [2.24, 2.45) is 28.1 Å². The van der Waals surface area contributed by atoms with Crippen LogP contribution in [0, 0.1) is 5.92 Å². The first kappa shape index (κ1) is 30.9. The number of aliphatic carboxylic acids is 2. The number of carboxylic acid groups (broad SMARTS) is 2. The molecule has 0 rings (SSSR count). The number of rotatable bonds is 16. The van der Waals surface area contributed by atoms with E-state index in [0.29, 0.717) is 0 Å². The first-order valence-corrected chi connectivity index (χ1v) is 11.2. The number of guanidine groups is 1. The largest absolute Gasteiger partial charge is 0.481 e. The summed E-state index contributed by atoms with van der Waals surface area (Å²) in [5.74, 6) is -5.26. The molecule has 11 N–H and O–H groups in total. The molecule has 14 nitrogen and oxygen atoms in total. The van der Waals surface area contributed by atoms with Gasteiger partial charge in [0.15, 0.2) is 5.96 Å². The fraction of sp³-hybridized carbons (Fsp3) is 0.684. The number of hydrogen-bond donors (Lipinski definition) is 9. The Balaban J connectivity index is 5.42. The van der Waals surface area contributed by atoms with Crippen molar-refractivity contribution >= 4 is 48.2 Å². The quantitative estimate of drug-likeness (QED) is 0.0456. The molecule has 0 aliphatic heterocycles. The van der Waals surface area contributed by atoms with E-state index in [1.165, 1.54) is 0 Å². The lowest BCUT2D eigenvalue weighted by Crippen LogP contribution is -2.57. The van der Waals surface area contributed by atoms with Gasteiger partial charge < -0.3 is 43.4 Å². The summed E-state index contributed by atoms with van der Waals surface area (Å²) < 4.78 is 0. The maximum atomic E-state index is 12.8. The average molecular weight is 506 g/mol. The summed E-state index contributed by atoms with van der Waals surface area (Å²) in [6.07, 6.45) is -0.130. The summed E-state index contributed by atoms with van der Waals surface area (Å²) in [6, 6.07) is -4.95. The molecule has 3 amide bonds. The molecule has 0 spiro atoms. The Morgan fingerprint density at radius 1 is 0.912 bits per heavy atom. The SMILES string of the molecule is CC(C)CC(NC(=O)C(CCCN=C(N)N)NC(=O)C(CS)NC(=O)C(N)CC(=O)O)C(=O)O. The highest BCUT2D eigenvalue weighted by molar-refractivity contribution is 7.80. The highest BCUT2D eigenvalue weighted by atomic mass is 32.1. The number of thiol groups is 1. The molecular formula is C19H35N7O7S. The first-order chi connectivity index (χ1) is 15.8. The minimum Gasteiger partial charge on any atom is -0.481 e. The normalized spacial score (nSPS) is 14.3. The highest BCUT2D eigenvalue weighted by Gasteiger charge is 2.30. The lowest BCUT2D eigenvalue weighted by atomic mass is 10.0. The molecule has 34 heavy (non-hydrogen) atoms. The van der Waals surface area contributed by atoms with Crippen molar-refractivity contribution in [1.82, 2.24) is 16.0 Å². The van der Waals surface area contributed by atoms with Crippen molar-refractivity contribution in [2.45, 2.75) is 63.7 Å². The number of amides is 3. The van der Waals surface area contributed by atoms with Gasteiger partial charge in [0, 0.05) is 12.3 Å². The van der Waals surface area contributed by atoms with Gasteiger partial charge in [-0.15, -0.1) is 0 Å². The van der Waals surface area contributed by atoms with Crippen molar-refractivity contribution < 1.29 is 34.2 Å². The summed E-state index contributed by atoms with van der Waals surface area (Å²) >= 11 is 4.01. The number of nitrogens with one attached hydrogen (secondary N) is 3. The Morgan fingerprint density at radius 2 is 1.44 bits per heavy atom. The number of carbonyl (C=O) groups excluding carboxylic acids is 3. The number of carbonyl (C=O) groups is 5. The van der Waals surface area contributed by atoms with Crippen LogP contribution in [0.5, 0.6) is 0 Å². The Hall–Kier alpha value is -3.07. The van der Waals surface area contributed by atoms with Crippen LogP contribution in [-0.2, 0) is 24.0 Å². The fourth-order valence-electron chi connectivity index (χ4n) is 2.76. The molecule has 0 aliphatic carbocycles. The third-order valence-electron chi connectivity index (χ3n) is 4.45. The molecule has 4 unspecified atom stereocenters. The van der Waals surface area contributed by atoms with Crippen molar-refractivity contribution in [3.63, 3.8) is 0 Å². The minimum atomic E-state index is -1.39. The van der Waals surface area contributed by atoms with E-state index in [4.69, 9.17) is 22.3 Å². The third kappa shape index (κ3) is 12.8. The van der Waals surface area contributed by atoms with Gasteiger partial charge >= 0.3 is 11.9 Å². The van der Waals surface area contributed by atoms with E-state index in [-0.39, 0.29) is 43.4 Å². The fourth-order valence-corrected chi connectivity index (χ4v) is 3.02. The van der Waals surface area contributed by atoms with E-state index in [2.05, 4.69) is 33.6 Å². The number of hydrogen-bond acceptors (Lipinski definition) is 8. The molecule has 0 saturated heterocycles. The Bertz CT molecular complexity index is 759. The zero-order valence-corrected chi connectivity index (χ0v) is 20.1. The van der Waals surface area contributed by atoms with E-state index in [1.54, 1.807) is 13.8 Å². The van der Waals surface area contributed by atoms with Crippen molar-refractivity contribution in [3.8, 4) is 0 Å². The predicted octanol–water partition coefficient (Wildman–Crippen LogP) is -2.64. The molecule has 0 aromatic heterocycles. The monoisotopic (exact) mass is 505 g/mol. The molecule has 0 radical (unpaired) electrons. The van der Waals surface area contributed by atoms with Crippen LogP contribution >= 0.6 is 12.6 Å². The third-order valence-corrected chi connectivity index (χ3v) is 4.81. The van der Waals surface area contributed by atoms with Crippen molar-refractivity contribution in [3.05, 3.63) is 0 Å². The van der Waals surface area contributed by atoms with E-state index < -0.39 is 60.2 Å². The number of nitrogens with zero attached hydrogens (tertiary/aromatic N) is 1. The molecule has 4 atom stereocenters. The molecule has 0 aromatic rings. The van der Waals surface area contributed by atoms with E-state index in [1.807, 2.05) is 0 Å². The van der Waals surface area contributed by atoms with Gasteiger partial charge in [0.05, 0.1) is 12.5 Å². The van der Waals surface area contributed by atoms with Gasteiger partial charge in [0.25, 0.3) is 0 Å². The molecule has 15 heteroatoms. The van der Waals surface area contributed by atoms with Gasteiger partial charge in [0.2, 0.25) is 17.7 Å². The van der Waals surface area contributed by atoms with E-state index in [0.717, 1.165) is 0 Å². The van der Waals surface area contributed by atoms with Gasteiger partial charge in [-0.2, -0.15) is 12.6 Å². The predicted molar refractivity (Wildman–Crippen MR) is 127 cm³/mol. The van der Waals surface area contributed by atoms with Gasteiger partial charge in [-0.05, 0) is 25.2 Å². The summed E-state index contributed by atoms with van der Waals surface area (Å²) in [5.41, 5.74) is 16.0. The number of carboxylic acids is 2. The van der Waals surface area contributed by atoms with Crippen LogP contribution in [0.25, 0.3) is 0 Å². The summed E-state index contributed by atoms with van der Waals surface area (Å²) in [4.78, 5) is 63.6. The lowest BCUT2D eigenvalue weighted by Gasteiger charge is -2.25. The topological polar surface area (TPSA) is 252 Å². The van der Waals surface area contributed by atoms with Gasteiger partial charge in [-0.1, -0.05) is 13.8 Å². The summed E-state index contributed by atoms with van der Waals surface area (Å²) in [6.45, 7) is 3.75. The molecule has 0 aromatic carbocycles. The standard InChI is InChI=1S/C19H35N7O7S/c1-9(2)6-12(18(32)33)25-16(30)11(4-3-5-23-19(21)22)24-17(31)13(8-34)26-15(29)10(20)7-14(27)28/h9-13,34H,3-8,20H2,1-2H3,(H,24,31)(H,25,30)(H,26,29)(H,27,28)(H,32,33)(H4,21,22,23). The average Bonchev–Trinajstić information content (AvgIpc) is 2.71. The Morgan fingerprint density at radius 3 is 1.91 bits per heavy atom. The second-order valence-electron chi connectivity index (χ2n) is 7.99. The summed E-state index contributed by atoms with van der Waals surface area (Å²) in [7, 11) is 0. The van der Waals surface area contributed by atoms with E-state index in [9.17, 15) is 29.1 Å².